The van der Waals surface area contributed by atoms with Crippen molar-refractivity contribution in [2.75, 3.05) is 25.6 Å². The average molecular weight is 423 g/mol. The van der Waals surface area contributed by atoms with Gasteiger partial charge in [-0.25, -0.2) is 0 Å². The van der Waals surface area contributed by atoms with E-state index in [2.05, 4.69) is 26.4 Å². The van der Waals surface area contributed by atoms with E-state index >= 15 is 0 Å². The zero-order valence-electron chi connectivity index (χ0n) is 14.4. The molecule has 0 aliphatic heterocycles. The summed E-state index contributed by atoms with van der Waals surface area (Å²) >= 11 is 3.38. The Morgan fingerprint density at radius 1 is 1.27 bits per heavy atom. The van der Waals surface area contributed by atoms with Crippen LogP contribution in [-0.2, 0) is 4.79 Å². The van der Waals surface area contributed by atoms with Gasteiger partial charge in [-0.1, -0.05) is 17.3 Å². The minimum absolute atomic E-state index is 0.218. The highest BCUT2D eigenvalue weighted by Gasteiger charge is 2.14. The molecule has 2 aromatic carbocycles. The third-order valence-electron chi connectivity index (χ3n) is 3.27. The Morgan fingerprint density at radius 2 is 2.04 bits per heavy atom. The number of halogens is 1. The molecule has 0 fully saturated rings. The summed E-state index contributed by atoms with van der Waals surface area (Å²) in [6.45, 7) is 2.03. The van der Waals surface area contributed by atoms with Crippen molar-refractivity contribution in [3.8, 4) is 17.2 Å². The first-order chi connectivity index (χ1) is 12.6. The van der Waals surface area contributed by atoms with Gasteiger partial charge in [0.2, 0.25) is 0 Å². The number of hydrogen-bond donors (Lipinski definition) is 2. The second-order valence-corrected chi connectivity index (χ2v) is 5.90. The third-order valence-corrected chi connectivity index (χ3v) is 3.86. The van der Waals surface area contributed by atoms with E-state index in [0.717, 1.165) is 0 Å². The van der Waals surface area contributed by atoms with Crippen LogP contribution in [0.5, 0.6) is 17.2 Å². The maximum Gasteiger partial charge on any atom is 0.262 e. The van der Waals surface area contributed by atoms with Gasteiger partial charge in [-0.2, -0.15) is 0 Å². The van der Waals surface area contributed by atoms with Gasteiger partial charge in [-0.3, -0.25) is 4.79 Å². The standard InChI is InChI=1S/C18H19BrN2O5/c1-3-25-16-9-12(10-20-23)8-13(19)18(16)26-11-17(22)21-14-6-4-5-7-15(14)24-2/h4-10,23H,3,11H2,1-2H3,(H,21,22). The molecule has 0 unspecified atom stereocenters. The summed E-state index contributed by atoms with van der Waals surface area (Å²) in [5.41, 5.74) is 1.18. The quantitative estimate of drug-likeness (QED) is 0.384. The zero-order chi connectivity index (χ0) is 18.9. The summed E-state index contributed by atoms with van der Waals surface area (Å²) in [5, 5.41) is 14.4. The molecule has 0 saturated heterocycles. The predicted octanol–water partition coefficient (Wildman–Crippen LogP) is 3.68. The number of benzene rings is 2. The van der Waals surface area contributed by atoms with Crippen LogP contribution in [-0.4, -0.2) is 37.7 Å². The van der Waals surface area contributed by atoms with E-state index in [-0.39, 0.29) is 12.5 Å². The van der Waals surface area contributed by atoms with Gasteiger partial charge < -0.3 is 24.7 Å². The number of ether oxygens (including phenoxy) is 3. The number of nitrogens with zero attached hydrogens (tertiary/aromatic N) is 1. The largest absolute Gasteiger partial charge is 0.495 e. The monoisotopic (exact) mass is 422 g/mol. The predicted molar refractivity (Wildman–Crippen MR) is 102 cm³/mol. The van der Waals surface area contributed by atoms with Crippen molar-refractivity contribution in [2.45, 2.75) is 6.92 Å². The highest BCUT2D eigenvalue weighted by Crippen LogP contribution is 2.36. The van der Waals surface area contributed by atoms with Crippen LogP contribution < -0.4 is 19.5 Å². The summed E-state index contributed by atoms with van der Waals surface area (Å²) in [6.07, 6.45) is 1.27. The highest BCUT2D eigenvalue weighted by atomic mass is 79.9. The van der Waals surface area contributed by atoms with Gasteiger partial charge in [0.1, 0.15) is 5.75 Å². The van der Waals surface area contributed by atoms with E-state index < -0.39 is 0 Å². The molecule has 26 heavy (non-hydrogen) atoms. The molecule has 138 valence electrons. The number of anilines is 1. The van der Waals surface area contributed by atoms with Crippen LogP contribution in [0.2, 0.25) is 0 Å². The first kappa shape index (κ1) is 19.6. The average Bonchev–Trinajstić information content (AvgIpc) is 2.62. The van der Waals surface area contributed by atoms with Crippen LogP contribution >= 0.6 is 15.9 Å². The van der Waals surface area contributed by atoms with Crippen molar-refractivity contribution in [1.29, 1.82) is 0 Å². The molecule has 0 aliphatic carbocycles. The van der Waals surface area contributed by atoms with Gasteiger partial charge in [-0.05, 0) is 47.1 Å². The molecule has 2 aromatic rings. The Morgan fingerprint density at radius 3 is 2.73 bits per heavy atom. The Hall–Kier alpha value is -2.74. The molecule has 0 saturated carbocycles. The fourth-order valence-electron chi connectivity index (χ4n) is 2.20. The van der Waals surface area contributed by atoms with Crippen LogP contribution in [0, 0.1) is 0 Å². The molecule has 2 N–H and O–H groups in total. The number of carbonyl (C=O) groups is 1. The van der Waals surface area contributed by atoms with Crippen LogP contribution in [0.25, 0.3) is 0 Å². The lowest BCUT2D eigenvalue weighted by Gasteiger charge is -2.15. The molecule has 8 heteroatoms. The van der Waals surface area contributed by atoms with Gasteiger partial charge in [0.25, 0.3) is 5.91 Å². The Balaban J connectivity index is 2.11. The molecule has 0 radical (unpaired) electrons. The second-order valence-electron chi connectivity index (χ2n) is 5.04. The molecule has 7 nitrogen and oxygen atoms in total. The molecule has 0 spiro atoms. The molecule has 2 rings (SSSR count). The minimum atomic E-state index is -0.343. The normalized spacial score (nSPS) is 10.6. The molecule has 1 amide bonds. The molecule has 0 aromatic heterocycles. The Labute approximate surface area is 159 Å². The van der Waals surface area contributed by atoms with Crippen molar-refractivity contribution in [3.63, 3.8) is 0 Å². The van der Waals surface area contributed by atoms with E-state index in [1.165, 1.54) is 13.3 Å². The maximum absolute atomic E-state index is 12.2. The summed E-state index contributed by atoms with van der Waals surface area (Å²) in [6, 6.07) is 10.4. The van der Waals surface area contributed by atoms with Crippen LogP contribution in [0.1, 0.15) is 12.5 Å². The Bertz CT molecular complexity index is 795. The lowest BCUT2D eigenvalue weighted by Crippen LogP contribution is -2.21. The lowest BCUT2D eigenvalue weighted by atomic mass is 10.2. The summed E-state index contributed by atoms with van der Waals surface area (Å²) < 4.78 is 16.9. The van der Waals surface area contributed by atoms with Gasteiger partial charge in [0.15, 0.2) is 18.1 Å². The topological polar surface area (TPSA) is 89.4 Å². The first-order valence-electron chi connectivity index (χ1n) is 7.78. The van der Waals surface area contributed by atoms with Crippen LogP contribution in [0.15, 0.2) is 46.0 Å². The Kier molecular flexibility index (Phi) is 7.28. The van der Waals surface area contributed by atoms with Crippen molar-refractivity contribution in [3.05, 3.63) is 46.4 Å². The summed E-state index contributed by atoms with van der Waals surface area (Å²) in [4.78, 5) is 12.2. The molecular weight excluding hydrogens is 404 g/mol. The second kappa shape index (κ2) is 9.67. The molecule has 0 heterocycles. The number of rotatable bonds is 8. The SMILES string of the molecule is CCOc1cc(C=NO)cc(Br)c1OCC(=O)Nc1ccccc1OC. The van der Waals surface area contributed by atoms with E-state index in [9.17, 15) is 4.79 Å². The van der Waals surface area contributed by atoms with Gasteiger partial charge in [0.05, 0.1) is 30.1 Å². The number of methoxy groups -OCH3 is 1. The number of para-hydroxylation sites is 2. The fraction of sp³-hybridized carbons (Fsp3) is 0.222. The minimum Gasteiger partial charge on any atom is -0.495 e. The molecular formula is C18H19BrN2O5. The van der Waals surface area contributed by atoms with Crippen LogP contribution in [0.4, 0.5) is 5.69 Å². The van der Waals surface area contributed by atoms with Crippen molar-refractivity contribution in [2.24, 2.45) is 5.16 Å². The van der Waals surface area contributed by atoms with E-state index in [1.807, 2.05) is 13.0 Å². The maximum atomic E-state index is 12.2. The van der Waals surface area contributed by atoms with Crippen molar-refractivity contribution >= 4 is 33.7 Å². The van der Waals surface area contributed by atoms with Crippen LogP contribution in [0.3, 0.4) is 0 Å². The number of oxime groups is 1. The molecule has 0 bridgehead atoms. The fourth-order valence-corrected chi connectivity index (χ4v) is 2.78. The summed E-state index contributed by atoms with van der Waals surface area (Å²) in [5.74, 6) is 1.04. The van der Waals surface area contributed by atoms with Crippen molar-refractivity contribution in [1.82, 2.24) is 0 Å². The van der Waals surface area contributed by atoms with Gasteiger partial charge >= 0.3 is 0 Å². The number of hydrogen-bond acceptors (Lipinski definition) is 6. The smallest absolute Gasteiger partial charge is 0.262 e. The highest BCUT2D eigenvalue weighted by molar-refractivity contribution is 9.10. The number of nitrogens with one attached hydrogen (secondary N) is 1. The van der Waals surface area contributed by atoms with E-state index in [4.69, 9.17) is 19.4 Å². The lowest BCUT2D eigenvalue weighted by molar-refractivity contribution is -0.118. The molecule has 0 atom stereocenters. The zero-order valence-corrected chi connectivity index (χ0v) is 15.9. The summed E-state index contributed by atoms with van der Waals surface area (Å²) in [7, 11) is 1.53. The number of amides is 1. The molecule has 0 aliphatic rings. The van der Waals surface area contributed by atoms with E-state index in [0.29, 0.717) is 39.6 Å². The van der Waals surface area contributed by atoms with E-state index in [1.54, 1.807) is 30.3 Å². The van der Waals surface area contributed by atoms with Gasteiger partial charge in [0, 0.05) is 5.56 Å². The first-order valence-corrected chi connectivity index (χ1v) is 8.57. The van der Waals surface area contributed by atoms with Crippen molar-refractivity contribution < 1.29 is 24.2 Å². The van der Waals surface area contributed by atoms with Gasteiger partial charge in [-0.15, -0.1) is 0 Å². The number of carbonyl (C=O) groups excluding carboxylic acids is 1. The third kappa shape index (κ3) is 5.13.